The molecule has 1 fully saturated rings. The van der Waals surface area contributed by atoms with Crippen molar-refractivity contribution in [2.24, 2.45) is 0 Å². The molecule has 0 amide bonds. The number of aromatic nitrogens is 2. The number of carbonyl (C=O) groups is 1. The van der Waals surface area contributed by atoms with Crippen LogP contribution in [0.25, 0.3) is 6.08 Å². The first-order valence-corrected chi connectivity index (χ1v) is 8.69. The van der Waals surface area contributed by atoms with Gasteiger partial charge in [0.2, 0.25) is 0 Å². The maximum atomic E-state index is 11.8. The van der Waals surface area contributed by atoms with Gasteiger partial charge in [0.15, 0.2) is 0 Å². The van der Waals surface area contributed by atoms with Crippen molar-refractivity contribution in [2.45, 2.75) is 58.6 Å². The number of nitrogens with zero attached hydrogens (tertiary/aromatic N) is 2. The van der Waals surface area contributed by atoms with Crippen LogP contribution in [0.3, 0.4) is 0 Å². The Labute approximate surface area is 142 Å². The fraction of sp³-hybridized carbons (Fsp3) is 0.647. The van der Waals surface area contributed by atoms with Crippen LogP contribution in [0.2, 0.25) is 5.15 Å². The Morgan fingerprint density at radius 2 is 2.35 bits per heavy atom. The molecule has 0 spiro atoms. The third-order valence-electron chi connectivity index (χ3n) is 3.90. The second kappa shape index (κ2) is 9.08. The largest absolute Gasteiger partial charge is 0.460 e. The maximum absolute atomic E-state index is 11.8. The Hall–Kier alpha value is -1.33. The minimum absolute atomic E-state index is 0.0308. The quantitative estimate of drug-likeness (QED) is 0.560. The lowest BCUT2D eigenvalue weighted by Crippen LogP contribution is -2.25. The standard InChI is InChI=1S/C17H25ClN2O3/c1-3-4-10-20-17(18)15(13(2)19-20)8-9-16(21)23-12-14-7-5-6-11-22-14/h8-9,14H,3-7,10-12H2,1-2H3. The molecule has 5 nitrogen and oxygen atoms in total. The van der Waals surface area contributed by atoms with Gasteiger partial charge in [0.25, 0.3) is 0 Å². The number of halogens is 1. The van der Waals surface area contributed by atoms with Crippen molar-refractivity contribution in [2.75, 3.05) is 13.2 Å². The zero-order valence-electron chi connectivity index (χ0n) is 13.9. The predicted octanol–water partition coefficient (Wildman–Crippen LogP) is 3.77. The smallest absolute Gasteiger partial charge is 0.330 e. The molecule has 1 aromatic rings. The van der Waals surface area contributed by atoms with Gasteiger partial charge >= 0.3 is 5.97 Å². The molecule has 1 aliphatic heterocycles. The summed E-state index contributed by atoms with van der Waals surface area (Å²) in [7, 11) is 0. The van der Waals surface area contributed by atoms with E-state index in [1.165, 1.54) is 6.08 Å². The number of unbranched alkanes of at least 4 members (excludes halogenated alkanes) is 1. The molecule has 0 saturated carbocycles. The summed E-state index contributed by atoms with van der Waals surface area (Å²) in [6, 6.07) is 0. The zero-order valence-corrected chi connectivity index (χ0v) is 14.6. The topological polar surface area (TPSA) is 53.4 Å². The van der Waals surface area contributed by atoms with Gasteiger partial charge in [-0.3, -0.25) is 4.68 Å². The molecule has 1 aliphatic rings. The van der Waals surface area contributed by atoms with Crippen LogP contribution in [-0.2, 0) is 20.8 Å². The highest BCUT2D eigenvalue weighted by Gasteiger charge is 2.15. The number of esters is 1. The predicted molar refractivity (Wildman–Crippen MR) is 90.5 cm³/mol. The lowest BCUT2D eigenvalue weighted by atomic mass is 10.1. The van der Waals surface area contributed by atoms with Gasteiger partial charge in [-0.25, -0.2) is 4.79 Å². The summed E-state index contributed by atoms with van der Waals surface area (Å²) in [4.78, 5) is 11.8. The molecule has 1 aromatic heterocycles. The van der Waals surface area contributed by atoms with Crippen molar-refractivity contribution in [1.82, 2.24) is 9.78 Å². The molecule has 1 unspecified atom stereocenters. The maximum Gasteiger partial charge on any atom is 0.330 e. The second-order valence-corrected chi connectivity index (χ2v) is 6.18. The molecule has 0 N–H and O–H groups in total. The number of hydrogen-bond acceptors (Lipinski definition) is 4. The first-order valence-electron chi connectivity index (χ1n) is 8.31. The van der Waals surface area contributed by atoms with Crippen molar-refractivity contribution in [3.63, 3.8) is 0 Å². The van der Waals surface area contributed by atoms with Crippen LogP contribution in [0.15, 0.2) is 6.08 Å². The van der Waals surface area contributed by atoms with Gasteiger partial charge in [0.05, 0.1) is 11.8 Å². The van der Waals surface area contributed by atoms with E-state index in [1.54, 1.807) is 10.8 Å². The monoisotopic (exact) mass is 340 g/mol. The number of rotatable bonds is 7. The molecule has 6 heteroatoms. The Kier molecular flexibility index (Phi) is 7.12. The molecule has 0 aliphatic carbocycles. The van der Waals surface area contributed by atoms with Crippen molar-refractivity contribution in [3.8, 4) is 0 Å². The van der Waals surface area contributed by atoms with Crippen molar-refractivity contribution >= 4 is 23.6 Å². The average Bonchev–Trinajstić information content (AvgIpc) is 2.83. The fourth-order valence-corrected chi connectivity index (χ4v) is 2.85. The summed E-state index contributed by atoms with van der Waals surface area (Å²) >= 11 is 6.32. The van der Waals surface area contributed by atoms with E-state index in [0.717, 1.165) is 56.5 Å². The van der Waals surface area contributed by atoms with E-state index >= 15 is 0 Å². The third kappa shape index (κ3) is 5.36. The summed E-state index contributed by atoms with van der Waals surface area (Å²) in [6.07, 6.45) is 8.38. The fourth-order valence-electron chi connectivity index (χ4n) is 2.53. The highest BCUT2D eigenvalue weighted by atomic mass is 35.5. The lowest BCUT2D eigenvalue weighted by Gasteiger charge is -2.21. The van der Waals surface area contributed by atoms with Gasteiger partial charge in [-0.1, -0.05) is 24.9 Å². The highest BCUT2D eigenvalue weighted by Crippen LogP contribution is 2.22. The van der Waals surface area contributed by atoms with Gasteiger partial charge in [-0.05, 0) is 38.7 Å². The Morgan fingerprint density at radius 3 is 3.04 bits per heavy atom. The van der Waals surface area contributed by atoms with E-state index in [2.05, 4.69) is 12.0 Å². The minimum Gasteiger partial charge on any atom is -0.460 e. The molecule has 1 saturated heterocycles. The van der Waals surface area contributed by atoms with E-state index in [1.807, 2.05) is 6.92 Å². The lowest BCUT2D eigenvalue weighted by molar-refractivity contribution is -0.143. The van der Waals surface area contributed by atoms with E-state index in [0.29, 0.717) is 11.8 Å². The van der Waals surface area contributed by atoms with Crippen LogP contribution in [0.4, 0.5) is 0 Å². The van der Waals surface area contributed by atoms with E-state index < -0.39 is 0 Å². The Bertz CT molecular complexity index is 548. The van der Waals surface area contributed by atoms with Gasteiger partial charge in [-0.15, -0.1) is 0 Å². The summed E-state index contributed by atoms with van der Waals surface area (Å²) in [5, 5.41) is 4.97. The van der Waals surface area contributed by atoms with Gasteiger partial charge < -0.3 is 9.47 Å². The molecule has 0 radical (unpaired) electrons. The normalized spacial score (nSPS) is 18.5. The Morgan fingerprint density at radius 1 is 1.52 bits per heavy atom. The molecule has 128 valence electrons. The SMILES string of the molecule is CCCCn1nc(C)c(C=CC(=O)OCC2CCCCO2)c1Cl. The van der Waals surface area contributed by atoms with Crippen molar-refractivity contribution in [3.05, 3.63) is 22.5 Å². The van der Waals surface area contributed by atoms with Crippen LogP contribution in [0, 0.1) is 6.92 Å². The summed E-state index contributed by atoms with van der Waals surface area (Å²) in [5.41, 5.74) is 1.58. The van der Waals surface area contributed by atoms with Crippen LogP contribution in [-0.4, -0.2) is 35.1 Å². The van der Waals surface area contributed by atoms with Crippen LogP contribution in [0.1, 0.15) is 50.3 Å². The molecule has 23 heavy (non-hydrogen) atoms. The zero-order chi connectivity index (χ0) is 16.7. The van der Waals surface area contributed by atoms with Crippen LogP contribution in [0.5, 0.6) is 0 Å². The highest BCUT2D eigenvalue weighted by molar-refractivity contribution is 6.31. The molecular formula is C17H25ClN2O3. The van der Waals surface area contributed by atoms with Gasteiger partial charge in [0, 0.05) is 24.8 Å². The molecule has 2 rings (SSSR count). The third-order valence-corrected chi connectivity index (χ3v) is 4.30. The first-order chi connectivity index (χ1) is 11.1. The summed E-state index contributed by atoms with van der Waals surface area (Å²) in [6.45, 7) is 5.86. The first kappa shape index (κ1) is 18.0. The number of aryl methyl sites for hydroxylation is 2. The van der Waals surface area contributed by atoms with E-state index in [9.17, 15) is 4.79 Å². The average molecular weight is 341 g/mol. The number of ether oxygens (including phenoxy) is 2. The second-order valence-electron chi connectivity index (χ2n) is 5.82. The minimum atomic E-state index is -0.379. The van der Waals surface area contributed by atoms with Gasteiger partial charge in [0.1, 0.15) is 11.8 Å². The summed E-state index contributed by atoms with van der Waals surface area (Å²) in [5.74, 6) is -0.379. The molecule has 0 bridgehead atoms. The van der Waals surface area contributed by atoms with E-state index in [-0.39, 0.29) is 12.1 Å². The molecule has 1 atom stereocenters. The van der Waals surface area contributed by atoms with Crippen LogP contribution < -0.4 is 0 Å². The van der Waals surface area contributed by atoms with E-state index in [4.69, 9.17) is 21.1 Å². The molecule has 2 heterocycles. The summed E-state index contributed by atoms with van der Waals surface area (Å²) < 4.78 is 12.5. The molecular weight excluding hydrogens is 316 g/mol. The number of carbonyl (C=O) groups excluding carboxylic acids is 1. The van der Waals surface area contributed by atoms with Gasteiger partial charge in [-0.2, -0.15) is 5.10 Å². The van der Waals surface area contributed by atoms with Crippen molar-refractivity contribution in [1.29, 1.82) is 0 Å². The number of hydrogen-bond donors (Lipinski definition) is 0. The van der Waals surface area contributed by atoms with Crippen LogP contribution >= 0.6 is 11.6 Å². The van der Waals surface area contributed by atoms with Crippen molar-refractivity contribution < 1.29 is 14.3 Å². The molecule has 0 aromatic carbocycles. The Balaban J connectivity index is 1.88.